The van der Waals surface area contributed by atoms with E-state index in [0.29, 0.717) is 0 Å². The summed E-state index contributed by atoms with van der Waals surface area (Å²) in [4.78, 5) is -0.167. The smallest absolute Gasteiger partial charge is 0.282 e. The second-order valence-corrected chi connectivity index (χ2v) is 7.01. The van der Waals surface area contributed by atoms with E-state index in [1.807, 2.05) is 0 Å². The van der Waals surface area contributed by atoms with E-state index in [1.54, 1.807) is 0 Å². The summed E-state index contributed by atoms with van der Waals surface area (Å²) in [6.45, 7) is -0.410. The van der Waals surface area contributed by atoms with Gasteiger partial charge in [0.25, 0.3) is 0 Å². The van der Waals surface area contributed by atoms with Crippen molar-refractivity contribution in [3.8, 4) is 0 Å². The maximum atomic E-state index is 12.9. The van der Waals surface area contributed by atoms with Gasteiger partial charge in [-0.1, -0.05) is 0 Å². The van der Waals surface area contributed by atoms with Gasteiger partial charge in [0.05, 0.1) is 4.90 Å². The standard InChI is InChI=1S/C13H11F4N3O2S/c14-8-1-3-9(4-2-8)23(21,22)20-6-5-11-10(7-20)12(19-18-11)13(15,16)17/h1-4H,5-7H2,(H,18,19). The van der Waals surface area contributed by atoms with Crippen molar-refractivity contribution in [2.45, 2.75) is 24.0 Å². The molecule has 0 radical (unpaired) electrons. The van der Waals surface area contributed by atoms with Gasteiger partial charge in [-0.2, -0.15) is 22.6 Å². The molecule has 1 aliphatic rings. The van der Waals surface area contributed by atoms with Crippen molar-refractivity contribution >= 4 is 10.0 Å². The average molecular weight is 349 g/mol. The molecule has 0 aliphatic carbocycles. The van der Waals surface area contributed by atoms with Gasteiger partial charge >= 0.3 is 6.18 Å². The third-order valence-corrected chi connectivity index (χ3v) is 5.48. The van der Waals surface area contributed by atoms with E-state index in [2.05, 4.69) is 10.2 Å². The summed E-state index contributed by atoms with van der Waals surface area (Å²) in [5.41, 5.74) is -0.996. The first kappa shape index (κ1) is 15.9. The van der Waals surface area contributed by atoms with E-state index in [4.69, 9.17) is 0 Å². The summed E-state index contributed by atoms with van der Waals surface area (Å²) in [7, 11) is -4.00. The van der Waals surface area contributed by atoms with Crippen molar-refractivity contribution < 1.29 is 26.0 Å². The third kappa shape index (κ3) is 2.83. The molecule has 124 valence electrons. The molecule has 2 heterocycles. The van der Waals surface area contributed by atoms with Crippen LogP contribution in [0.3, 0.4) is 0 Å². The molecule has 0 unspecified atom stereocenters. The van der Waals surface area contributed by atoms with Crippen LogP contribution in [0.1, 0.15) is 17.0 Å². The number of alkyl halides is 3. The van der Waals surface area contributed by atoms with Crippen LogP contribution in [0.4, 0.5) is 17.6 Å². The molecular formula is C13H11F4N3O2S. The molecule has 0 bridgehead atoms. The fourth-order valence-electron chi connectivity index (χ4n) is 2.47. The zero-order valence-corrected chi connectivity index (χ0v) is 12.4. The third-order valence-electron chi connectivity index (χ3n) is 3.62. The Balaban J connectivity index is 1.95. The van der Waals surface area contributed by atoms with E-state index in [-0.39, 0.29) is 29.1 Å². The van der Waals surface area contributed by atoms with E-state index < -0.39 is 34.3 Å². The number of hydrogen-bond acceptors (Lipinski definition) is 3. The van der Waals surface area contributed by atoms with Crippen LogP contribution in [0.2, 0.25) is 0 Å². The summed E-state index contributed by atoms with van der Waals surface area (Å²) >= 11 is 0. The zero-order valence-electron chi connectivity index (χ0n) is 11.6. The number of aromatic nitrogens is 2. The Morgan fingerprint density at radius 2 is 1.83 bits per heavy atom. The number of nitrogens with zero attached hydrogens (tertiary/aromatic N) is 2. The molecule has 1 aromatic carbocycles. The topological polar surface area (TPSA) is 66.1 Å². The highest BCUT2D eigenvalue weighted by Gasteiger charge is 2.41. The predicted molar refractivity (Wildman–Crippen MR) is 71.3 cm³/mol. The highest BCUT2D eigenvalue weighted by molar-refractivity contribution is 7.89. The van der Waals surface area contributed by atoms with Gasteiger partial charge < -0.3 is 0 Å². The SMILES string of the molecule is O=S(=O)(c1ccc(F)cc1)N1CCc2[nH]nc(C(F)(F)F)c2C1. The number of benzene rings is 1. The molecule has 23 heavy (non-hydrogen) atoms. The lowest BCUT2D eigenvalue weighted by atomic mass is 10.1. The lowest BCUT2D eigenvalue weighted by Crippen LogP contribution is -2.36. The molecule has 1 N–H and O–H groups in total. The Hall–Kier alpha value is -1.94. The highest BCUT2D eigenvalue weighted by atomic mass is 32.2. The minimum Gasteiger partial charge on any atom is -0.282 e. The molecule has 0 saturated carbocycles. The maximum Gasteiger partial charge on any atom is 0.435 e. The van der Waals surface area contributed by atoms with Crippen molar-refractivity contribution in [3.05, 3.63) is 47.0 Å². The molecule has 0 amide bonds. The Kier molecular flexibility index (Phi) is 3.68. The Morgan fingerprint density at radius 1 is 1.17 bits per heavy atom. The summed E-state index contributed by atoms with van der Waals surface area (Å²) in [6, 6.07) is 4.14. The van der Waals surface area contributed by atoms with Crippen LogP contribution in [0.25, 0.3) is 0 Å². The molecule has 2 aromatic rings. The normalized spacial score (nSPS) is 16.3. The quantitative estimate of drug-likeness (QED) is 0.846. The molecule has 0 fully saturated rings. The van der Waals surface area contributed by atoms with E-state index >= 15 is 0 Å². The zero-order chi connectivity index (χ0) is 16.8. The number of rotatable bonds is 2. The van der Waals surface area contributed by atoms with E-state index in [9.17, 15) is 26.0 Å². The molecule has 5 nitrogen and oxygen atoms in total. The summed E-state index contributed by atoms with van der Waals surface area (Å²) in [5, 5.41) is 5.56. The number of fused-ring (bicyclic) bond motifs is 1. The van der Waals surface area contributed by atoms with Gasteiger partial charge in [-0.15, -0.1) is 0 Å². The largest absolute Gasteiger partial charge is 0.435 e. The Labute approximate surface area is 129 Å². The van der Waals surface area contributed by atoms with Crippen LogP contribution in [-0.2, 0) is 29.2 Å². The first-order valence-electron chi connectivity index (χ1n) is 6.58. The van der Waals surface area contributed by atoms with Crippen molar-refractivity contribution in [2.75, 3.05) is 6.54 Å². The van der Waals surface area contributed by atoms with Crippen LogP contribution in [0.5, 0.6) is 0 Å². The van der Waals surface area contributed by atoms with Crippen molar-refractivity contribution in [1.82, 2.24) is 14.5 Å². The summed E-state index contributed by atoms with van der Waals surface area (Å²) < 4.78 is 77.5. The molecule has 10 heteroatoms. The lowest BCUT2D eigenvalue weighted by molar-refractivity contribution is -0.142. The predicted octanol–water partition coefficient (Wildman–Crippen LogP) is 2.31. The number of halogens is 4. The van der Waals surface area contributed by atoms with Gasteiger partial charge in [0.2, 0.25) is 10.0 Å². The van der Waals surface area contributed by atoms with Gasteiger partial charge in [-0.25, -0.2) is 12.8 Å². The van der Waals surface area contributed by atoms with Crippen LogP contribution >= 0.6 is 0 Å². The molecule has 3 rings (SSSR count). The van der Waals surface area contributed by atoms with Crippen LogP contribution < -0.4 is 0 Å². The molecule has 1 aromatic heterocycles. The fourth-order valence-corrected chi connectivity index (χ4v) is 3.87. The number of hydrogen-bond donors (Lipinski definition) is 1. The van der Waals surface area contributed by atoms with E-state index in [0.717, 1.165) is 28.6 Å². The molecule has 0 spiro atoms. The Morgan fingerprint density at radius 3 is 2.43 bits per heavy atom. The van der Waals surface area contributed by atoms with Crippen LogP contribution in [0, 0.1) is 5.82 Å². The maximum absolute atomic E-state index is 12.9. The average Bonchev–Trinajstić information content (AvgIpc) is 2.90. The molecule has 0 saturated heterocycles. The minimum atomic E-state index is -4.66. The lowest BCUT2D eigenvalue weighted by Gasteiger charge is -2.26. The van der Waals surface area contributed by atoms with Gasteiger partial charge in [0, 0.05) is 30.8 Å². The van der Waals surface area contributed by atoms with E-state index in [1.165, 1.54) is 0 Å². The highest BCUT2D eigenvalue weighted by Crippen LogP contribution is 2.35. The van der Waals surface area contributed by atoms with Crippen molar-refractivity contribution in [1.29, 1.82) is 0 Å². The molecular weight excluding hydrogens is 338 g/mol. The fraction of sp³-hybridized carbons (Fsp3) is 0.308. The van der Waals surface area contributed by atoms with Crippen LogP contribution in [0.15, 0.2) is 29.2 Å². The van der Waals surface area contributed by atoms with Crippen molar-refractivity contribution in [2.24, 2.45) is 0 Å². The Bertz CT molecular complexity index is 828. The monoisotopic (exact) mass is 349 g/mol. The number of sulfonamides is 1. The second-order valence-electron chi connectivity index (χ2n) is 5.07. The van der Waals surface area contributed by atoms with Gasteiger partial charge in [0.15, 0.2) is 5.69 Å². The summed E-state index contributed by atoms with van der Waals surface area (Å²) in [5.74, 6) is -0.598. The number of H-pyrrole nitrogens is 1. The van der Waals surface area contributed by atoms with Gasteiger partial charge in [-0.3, -0.25) is 5.10 Å². The number of nitrogens with one attached hydrogen (secondary N) is 1. The molecule has 1 aliphatic heterocycles. The number of aromatic amines is 1. The van der Waals surface area contributed by atoms with Crippen molar-refractivity contribution in [3.63, 3.8) is 0 Å². The first-order valence-corrected chi connectivity index (χ1v) is 8.02. The first-order chi connectivity index (χ1) is 10.7. The molecule has 0 atom stereocenters. The second kappa shape index (κ2) is 5.31. The minimum absolute atomic E-state index is 0.0200. The van der Waals surface area contributed by atoms with Gasteiger partial charge in [0.1, 0.15) is 5.82 Å². The summed E-state index contributed by atoms with van der Waals surface area (Å²) in [6.07, 6.45) is -4.56. The van der Waals surface area contributed by atoms with Crippen LogP contribution in [-0.4, -0.2) is 29.5 Å². The van der Waals surface area contributed by atoms with Gasteiger partial charge in [-0.05, 0) is 24.3 Å².